The Balaban J connectivity index is 2.08. The summed E-state index contributed by atoms with van der Waals surface area (Å²) in [7, 11) is 0. The molecule has 1 aromatic rings. The van der Waals surface area contributed by atoms with E-state index in [1.165, 1.54) is 6.07 Å². The summed E-state index contributed by atoms with van der Waals surface area (Å²) in [6.45, 7) is 0.662. The zero-order valence-electron chi connectivity index (χ0n) is 8.41. The van der Waals surface area contributed by atoms with Crippen molar-refractivity contribution in [2.75, 3.05) is 6.54 Å². The summed E-state index contributed by atoms with van der Waals surface area (Å²) in [5.41, 5.74) is 0.717. The molecule has 0 aromatic heterocycles. The first-order valence-electron chi connectivity index (χ1n) is 5.18. The first-order valence-corrected chi connectivity index (χ1v) is 5.18. The molecule has 0 spiro atoms. The quantitative estimate of drug-likeness (QED) is 0.762. The number of halogens is 1. The zero-order valence-corrected chi connectivity index (χ0v) is 8.41. The van der Waals surface area contributed by atoms with Gasteiger partial charge in [0.2, 0.25) is 0 Å². The van der Waals surface area contributed by atoms with Gasteiger partial charge in [0.1, 0.15) is 5.82 Å². The third-order valence-electron chi connectivity index (χ3n) is 2.88. The summed E-state index contributed by atoms with van der Waals surface area (Å²) in [6, 6.07) is 9.12. The minimum absolute atomic E-state index is 0.0656. The monoisotopic (exact) mass is 204 g/mol. The number of hydrogen-bond donors (Lipinski definition) is 1. The molecule has 2 unspecified atom stereocenters. The molecule has 0 radical (unpaired) electrons. The molecular weight excluding hydrogens is 191 g/mol. The lowest BCUT2D eigenvalue weighted by atomic mass is 9.91. The van der Waals surface area contributed by atoms with Gasteiger partial charge in [0.15, 0.2) is 0 Å². The molecule has 15 heavy (non-hydrogen) atoms. The molecule has 1 N–H and O–H groups in total. The van der Waals surface area contributed by atoms with Gasteiger partial charge in [-0.1, -0.05) is 18.2 Å². The molecule has 2 nitrogen and oxygen atoms in total. The number of rotatable bonds is 1. The largest absolute Gasteiger partial charge is 0.309 e. The zero-order chi connectivity index (χ0) is 10.7. The molecular formula is C12H13FN2. The standard InChI is InChI=1S/C12H13FN2/c13-11-4-2-1-3-10(11)12-6-5-9(7-14)8-15-12/h1-4,9,12,15H,5-6,8H2. The predicted molar refractivity (Wildman–Crippen MR) is 55.5 cm³/mol. The van der Waals surface area contributed by atoms with E-state index in [2.05, 4.69) is 11.4 Å². The molecule has 1 aliphatic heterocycles. The van der Waals surface area contributed by atoms with Crippen LogP contribution in [0.4, 0.5) is 4.39 Å². The van der Waals surface area contributed by atoms with Crippen molar-refractivity contribution in [3.8, 4) is 6.07 Å². The molecule has 1 aromatic carbocycles. The summed E-state index contributed by atoms with van der Waals surface area (Å²) in [6.07, 6.45) is 1.68. The summed E-state index contributed by atoms with van der Waals surface area (Å²) in [4.78, 5) is 0. The van der Waals surface area contributed by atoms with Gasteiger partial charge in [-0.25, -0.2) is 4.39 Å². The van der Waals surface area contributed by atoms with Crippen molar-refractivity contribution in [2.45, 2.75) is 18.9 Å². The topological polar surface area (TPSA) is 35.8 Å². The number of nitrogens with one attached hydrogen (secondary N) is 1. The highest BCUT2D eigenvalue weighted by molar-refractivity contribution is 5.21. The fraction of sp³-hybridized carbons (Fsp3) is 0.417. The molecule has 0 bridgehead atoms. The van der Waals surface area contributed by atoms with Gasteiger partial charge in [0.25, 0.3) is 0 Å². The van der Waals surface area contributed by atoms with E-state index in [4.69, 9.17) is 5.26 Å². The summed E-state index contributed by atoms with van der Waals surface area (Å²) in [5.74, 6) is -0.0848. The third-order valence-corrected chi connectivity index (χ3v) is 2.88. The lowest BCUT2D eigenvalue weighted by molar-refractivity contribution is 0.354. The first kappa shape index (κ1) is 10.1. The SMILES string of the molecule is N#CC1CCC(c2ccccc2F)NC1. The Morgan fingerprint density at radius 3 is 2.73 bits per heavy atom. The van der Waals surface area contributed by atoms with E-state index < -0.39 is 0 Å². The number of nitriles is 1. The fourth-order valence-corrected chi connectivity index (χ4v) is 1.99. The Morgan fingerprint density at radius 1 is 1.33 bits per heavy atom. The van der Waals surface area contributed by atoms with Crippen molar-refractivity contribution in [1.82, 2.24) is 5.32 Å². The van der Waals surface area contributed by atoms with Crippen molar-refractivity contribution in [3.05, 3.63) is 35.6 Å². The van der Waals surface area contributed by atoms with Crippen molar-refractivity contribution >= 4 is 0 Å². The minimum Gasteiger partial charge on any atom is -0.309 e. The van der Waals surface area contributed by atoms with Gasteiger partial charge >= 0.3 is 0 Å². The minimum atomic E-state index is -0.162. The second-order valence-corrected chi connectivity index (χ2v) is 3.89. The maximum absolute atomic E-state index is 13.4. The van der Waals surface area contributed by atoms with Gasteiger partial charge in [0, 0.05) is 18.2 Å². The van der Waals surface area contributed by atoms with Gasteiger partial charge in [-0.15, -0.1) is 0 Å². The number of piperidine rings is 1. The summed E-state index contributed by atoms with van der Waals surface area (Å²) < 4.78 is 13.4. The predicted octanol–water partition coefficient (Wildman–Crippen LogP) is 2.39. The van der Waals surface area contributed by atoms with Crippen LogP contribution < -0.4 is 5.32 Å². The molecule has 1 heterocycles. The van der Waals surface area contributed by atoms with Gasteiger partial charge in [-0.05, 0) is 18.9 Å². The van der Waals surface area contributed by atoms with E-state index in [1.807, 2.05) is 6.07 Å². The average Bonchev–Trinajstić information content (AvgIpc) is 2.30. The maximum atomic E-state index is 13.4. The van der Waals surface area contributed by atoms with Crippen molar-refractivity contribution in [2.24, 2.45) is 5.92 Å². The maximum Gasteiger partial charge on any atom is 0.127 e. The molecule has 1 saturated heterocycles. The van der Waals surface area contributed by atoms with Crippen LogP contribution in [0.1, 0.15) is 24.4 Å². The number of hydrogen-bond acceptors (Lipinski definition) is 2. The smallest absolute Gasteiger partial charge is 0.127 e. The Labute approximate surface area is 88.7 Å². The van der Waals surface area contributed by atoms with Crippen LogP contribution >= 0.6 is 0 Å². The van der Waals surface area contributed by atoms with Crippen LogP contribution in [0, 0.1) is 23.1 Å². The second-order valence-electron chi connectivity index (χ2n) is 3.89. The molecule has 1 fully saturated rings. The van der Waals surface area contributed by atoms with Crippen LogP contribution in [0.15, 0.2) is 24.3 Å². The Hall–Kier alpha value is -1.40. The van der Waals surface area contributed by atoms with Crippen LogP contribution in [0.25, 0.3) is 0 Å². The molecule has 0 amide bonds. The number of nitrogens with zero attached hydrogens (tertiary/aromatic N) is 1. The second kappa shape index (κ2) is 4.41. The van der Waals surface area contributed by atoms with E-state index in [0.29, 0.717) is 12.1 Å². The molecule has 2 atom stereocenters. The first-order chi connectivity index (χ1) is 7.31. The molecule has 2 rings (SSSR count). The number of benzene rings is 1. The van der Waals surface area contributed by atoms with Gasteiger partial charge in [0.05, 0.1) is 12.0 Å². The van der Waals surface area contributed by atoms with E-state index in [-0.39, 0.29) is 17.8 Å². The van der Waals surface area contributed by atoms with E-state index in [9.17, 15) is 4.39 Å². The molecule has 1 aliphatic rings. The van der Waals surface area contributed by atoms with Crippen molar-refractivity contribution in [3.63, 3.8) is 0 Å². The van der Waals surface area contributed by atoms with Gasteiger partial charge < -0.3 is 5.32 Å². The lowest BCUT2D eigenvalue weighted by Crippen LogP contribution is -2.32. The van der Waals surface area contributed by atoms with Crippen LogP contribution in [-0.2, 0) is 0 Å². The van der Waals surface area contributed by atoms with Gasteiger partial charge in [-0.2, -0.15) is 5.26 Å². The Morgan fingerprint density at radius 2 is 2.13 bits per heavy atom. The molecule has 0 saturated carbocycles. The van der Waals surface area contributed by atoms with Crippen LogP contribution in [0.3, 0.4) is 0 Å². The molecule has 3 heteroatoms. The van der Waals surface area contributed by atoms with Gasteiger partial charge in [-0.3, -0.25) is 0 Å². The average molecular weight is 204 g/mol. The van der Waals surface area contributed by atoms with E-state index in [0.717, 1.165) is 12.8 Å². The highest BCUT2D eigenvalue weighted by Gasteiger charge is 2.22. The Kier molecular flexibility index (Phi) is 2.98. The highest BCUT2D eigenvalue weighted by Crippen LogP contribution is 2.26. The van der Waals surface area contributed by atoms with Crippen LogP contribution in [0.5, 0.6) is 0 Å². The lowest BCUT2D eigenvalue weighted by Gasteiger charge is -2.26. The normalized spacial score (nSPS) is 25.9. The van der Waals surface area contributed by atoms with Crippen LogP contribution in [0.2, 0.25) is 0 Å². The summed E-state index contributed by atoms with van der Waals surface area (Å²) in [5, 5.41) is 12.0. The van der Waals surface area contributed by atoms with Crippen LogP contribution in [-0.4, -0.2) is 6.54 Å². The van der Waals surface area contributed by atoms with Crippen molar-refractivity contribution < 1.29 is 4.39 Å². The molecule has 78 valence electrons. The van der Waals surface area contributed by atoms with Crippen molar-refractivity contribution in [1.29, 1.82) is 5.26 Å². The Bertz CT molecular complexity index is 375. The fourth-order valence-electron chi connectivity index (χ4n) is 1.99. The summed E-state index contributed by atoms with van der Waals surface area (Å²) >= 11 is 0. The molecule has 0 aliphatic carbocycles. The van der Waals surface area contributed by atoms with E-state index in [1.54, 1.807) is 12.1 Å². The van der Waals surface area contributed by atoms with E-state index >= 15 is 0 Å². The third kappa shape index (κ3) is 2.16. The highest BCUT2D eigenvalue weighted by atomic mass is 19.1.